The van der Waals surface area contributed by atoms with Crippen LogP contribution < -0.4 is 10.1 Å². The predicted octanol–water partition coefficient (Wildman–Crippen LogP) is 8.25. The van der Waals surface area contributed by atoms with Crippen LogP contribution in [-0.2, 0) is 6.54 Å². The van der Waals surface area contributed by atoms with Crippen molar-refractivity contribution in [2.24, 2.45) is 10.2 Å². The van der Waals surface area contributed by atoms with Crippen molar-refractivity contribution in [3.63, 3.8) is 0 Å². The Kier molecular flexibility index (Phi) is 8.32. The van der Waals surface area contributed by atoms with Gasteiger partial charge in [0.2, 0.25) is 5.95 Å². The summed E-state index contributed by atoms with van der Waals surface area (Å²) in [5.41, 5.74) is 1.00. The Morgan fingerprint density at radius 3 is 2.29 bits per heavy atom. The molecule has 38 heavy (non-hydrogen) atoms. The van der Waals surface area contributed by atoms with Gasteiger partial charge in [0.15, 0.2) is 5.82 Å². The van der Waals surface area contributed by atoms with Crippen LogP contribution in [0.2, 0.25) is 10.0 Å². The standard InChI is InChI=1S/C24H15Cl2F5N6O/c25-14-6-8-15(9-7-14)33-22-34-20(19-17(26)2-1-3-18(19)27)35-23(36-22)37-32-12-13-4-10-16(11-5-13)38-24(30,31)21(28)29/h1-11,21H,12H2,(H,33,34,35,36). The summed E-state index contributed by atoms with van der Waals surface area (Å²) in [5, 5.41) is 11.5. The lowest BCUT2D eigenvalue weighted by atomic mass is 10.2. The highest BCUT2D eigenvalue weighted by atomic mass is 35.5. The number of hydrogen-bond acceptors (Lipinski definition) is 7. The van der Waals surface area contributed by atoms with Crippen LogP contribution in [0.15, 0.2) is 77.0 Å². The minimum atomic E-state index is -4.61. The summed E-state index contributed by atoms with van der Waals surface area (Å²) in [4.78, 5) is 12.6. The second-order valence-electron chi connectivity index (χ2n) is 7.52. The number of nitrogens with one attached hydrogen (secondary N) is 1. The van der Waals surface area contributed by atoms with E-state index in [4.69, 9.17) is 23.2 Å². The SMILES string of the molecule is Fc1cccc(Cl)c1-c1nc(N=NCc2ccc(OC(F)(F)C(F)F)cc2)nc(Nc2ccc(Cl)cc2)n1. The summed E-state index contributed by atoms with van der Waals surface area (Å²) < 4.78 is 69.3. The summed E-state index contributed by atoms with van der Waals surface area (Å²) in [5.74, 6) is -1.37. The van der Waals surface area contributed by atoms with Gasteiger partial charge in [-0.05, 0) is 54.1 Å². The molecule has 0 saturated heterocycles. The third kappa shape index (κ3) is 6.90. The molecule has 3 aromatic carbocycles. The fourth-order valence-corrected chi connectivity index (χ4v) is 3.37. The van der Waals surface area contributed by atoms with Gasteiger partial charge >= 0.3 is 12.5 Å². The maximum absolute atomic E-state index is 14.6. The Labute approximate surface area is 222 Å². The van der Waals surface area contributed by atoms with E-state index >= 15 is 0 Å². The average Bonchev–Trinajstić information content (AvgIpc) is 2.86. The molecule has 0 bridgehead atoms. The largest absolute Gasteiger partial charge is 0.461 e. The van der Waals surface area contributed by atoms with Gasteiger partial charge in [0.05, 0.1) is 17.1 Å². The Morgan fingerprint density at radius 1 is 0.921 bits per heavy atom. The van der Waals surface area contributed by atoms with E-state index in [-0.39, 0.29) is 34.9 Å². The van der Waals surface area contributed by atoms with E-state index < -0.39 is 24.1 Å². The van der Waals surface area contributed by atoms with Gasteiger partial charge in [0.1, 0.15) is 11.6 Å². The number of alkyl halides is 4. The molecule has 0 aliphatic rings. The number of aromatic nitrogens is 3. The van der Waals surface area contributed by atoms with Crippen molar-refractivity contribution in [1.29, 1.82) is 0 Å². The minimum Gasteiger partial charge on any atom is -0.428 e. The van der Waals surface area contributed by atoms with E-state index in [1.54, 1.807) is 24.3 Å². The number of rotatable bonds is 9. The van der Waals surface area contributed by atoms with Gasteiger partial charge in [0, 0.05) is 10.7 Å². The number of halogens is 7. The van der Waals surface area contributed by atoms with Gasteiger partial charge in [-0.25, -0.2) is 4.39 Å². The second kappa shape index (κ2) is 11.7. The lowest BCUT2D eigenvalue weighted by molar-refractivity contribution is -0.253. The van der Waals surface area contributed by atoms with E-state index in [1.807, 2.05) is 0 Å². The first-order valence-corrected chi connectivity index (χ1v) is 11.4. The Morgan fingerprint density at radius 2 is 1.63 bits per heavy atom. The van der Waals surface area contributed by atoms with Crippen LogP contribution in [0.25, 0.3) is 11.4 Å². The van der Waals surface area contributed by atoms with Crippen molar-refractivity contribution >= 4 is 40.8 Å². The molecule has 1 heterocycles. The minimum absolute atomic E-state index is 0.0204. The first-order chi connectivity index (χ1) is 18.1. The van der Waals surface area contributed by atoms with Crippen molar-refractivity contribution in [3.05, 3.63) is 88.2 Å². The summed E-state index contributed by atoms with van der Waals surface area (Å²) in [6.07, 6.45) is -8.59. The van der Waals surface area contributed by atoms with Crippen LogP contribution in [0.5, 0.6) is 5.75 Å². The lowest BCUT2D eigenvalue weighted by Gasteiger charge is -2.16. The molecule has 196 valence electrons. The van der Waals surface area contributed by atoms with Gasteiger partial charge in [0.25, 0.3) is 5.95 Å². The van der Waals surface area contributed by atoms with Gasteiger partial charge < -0.3 is 10.1 Å². The Hall–Kier alpha value is -3.90. The molecule has 0 unspecified atom stereocenters. The molecule has 0 radical (unpaired) electrons. The Bertz CT molecular complexity index is 1420. The summed E-state index contributed by atoms with van der Waals surface area (Å²) >= 11 is 12.1. The fraction of sp³-hybridized carbons (Fsp3) is 0.125. The molecule has 0 saturated carbocycles. The molecule has 0 amide bonds. The zero-order valence-corrected chi connectivity index (χ0v) is 20.4. The molecule has 0 spiro atoms. The topological polar surface area (TPSA) is 84.7 Å². The molecule has 0 fully saturated rings. The van der Waals surface area contributed by atoms with E-state index in [9.17, 15) is 22.0 Å². The fourth-order valence-electron chi connectivity index (χ4n) is 3.00. The van der Waals surface area contributed by atoms with E-state index in [1.165, 1.54) is 30.3 Å². The van der Waals surface area contributed by atoms with Crippen molar-refractivity contribution in [3.8, 4) is 17.1 Å². The van der Waals surface area contributed by atoms with Crippen LogP contribution >= 0.6 is 23.2 Å². The van der Waals surface area contributed by atoms with Crippen molar-refractivity contribution < 1.29 is 26.7 Å². The maximum atomic E-state index is 14.6. The van der Waals surface area contributed by atoms with Crippen LogP contribution in [0.1, 0.15) is 5.56 Å². The monoisotopic (exact) mass is 568 g/mol. The van der Waals surface area contributed by atoms with E-state index in [0.29, 0.717) is 16.3 Å². The number of nitrogens with zero attached hydrogens (tertiary/aromatic N) is 5. The molecule has 1 aromatic heterocycles. The van der Waals surface area contributed by atoms with Crippen molar-refractivity contribution in [2.45, 2.75) is 19.1 Å². The second-order valence-corrected chi connectivity index (χ2v) is 8.36. The molecular weight excluding hydrogens is 554 g/mol. The predicted molar refractivity (Wildman–Crippen MR) is 131 cm³/mol. The molecule has 14 heteroatoms. The quantitative estimate of drug-likeness (QED) is 0.162. The zero-order valence-electron chi connectivity index (χ0n) is 18.9. The van der Waals surface area contributed by atoms with Crippen molar-refractivity contribution in [1.82, 2.24) is 15.0 Å². The molecule has 1 N–H and O–H groups in total. The highest BCUT2D eigenvalue weighted by molar-refractivity contribution is 6.33. The number of ether oxygens (including phenoxy) is 1. The molecule has 0 aliphatic carbocycles. The number of hydrogen-bond donors (Lipinski definition) is 1. The lowest BCUT2D eigenvalue weighted by Crippen LogP contribution is -2.33. The highest BCUT2D eigenvalue weighted by Gasteiger charge is 2.43. The molecule has 0 atom stereocenters. The van der Waals surface area contributed by atoms with Crippen LogP contribution in [0.3, 0.4) is 0 Å². The molecule has 4 aromatic rings. The summed E-state index contributed by atoms with van der Waals surface area (Å²) in [6, 6.07) is 15.6. The first kappa shape index (κ1) is 27.1. The highest BCUT2D eigenvalue weighted by Crippen LogP contribution is 2.31. The summed E-state index contributed by atoms with van der Waals surface area (Å²) in [7, 11) is 0. The number of benzene rings is 3. The number of anilines is 2. The normalized spacial score (nSPS) is 11.8. The van der Waals surface area contributed by atoms with E-state index in [0.717, 1.165) is 12.1 Å². The third-order valence-corrected chi connectivity index (χ3v) is 5.32. The average molecular weight is 569 g/mol. The Balaban J connectivity index is 1.57. The van der Waals surface area contributed by atoms with Crippen molar-refractivity contribution in [2.75, 3.05) is 5.32 Å². The molecule has 7 nitrogen and oxygen atoms in total. The molecule has 0 aliphatic heterocycles. The molecular formula is C24H15Cl2F5N6O. The first-order valence-electron chi connectivity index (χ1n) is 10.7. The van der Waals surface area contributed by atoms with Gasteiger partial charge in [-0.1, -0.05) is 41.4 Å². The summed E-state index contributed by atoms with van der Waals surface area (Å²) in [6.45, 7) is -0.0487. The van der Waals surface area contributed by atoms with E-state index in [2.05, 4.69) is 35.2 Å². The van der Waals surface area contributed by atoms with Crippen LogP contribution in [0, 0.1) is 5.82 Å². The van der Waals surface area contributed by atoms with Crippen LogP contribution in [-0.4, -0.2) is 27.5 Å². The molecule has 4 rings (SSSR count). The van der Waals surface area contributed by atoms with Crippen LogP contribution in [0.4, 0.5) is 39.5 Å². The van der Waals surface area contributed by atoms with Gasteiger partial charge in [-0.2, -0.15) is 37.6 Å². The number of azo groups is 1. The maximum Gasteiger partial charge on any atom is 0.461 e. The van der Waals surface area contributed by atoms with Gasteiger partial charge in [-0.15, -0.1) is 5.11 Å². The smallest absolute Gasteiger partial charge is 0.428 e. The third-order valence-electron chi connectivity index (χ3n) is 4.76. The zero-order chi connectivity index (χ0) is 27.3. The van der Waals surface area contributed by atoms with Gasteiger partial charge in [-0.3, -0.25) is 0 Å².